The molecule has 1 saturated heterocycles. The van der Waals surface area contributed by atoms with E-state index in [9.17, 15) is 13.2 Å². The van der Waals surface area contributed by atoms with E-state index in [1.807, 2.05) is 5.38 Å². The number of hydrogen-bond acceptors (Lipinski definition) is 6. The van der Waals surface area contributed by atoms with Gasteiger partial charge in [0.15, 0.2) is 0 Å². The number of sulfonamides is 1. The van der Waals surface area contributed by atoms with Crippen LogP contribution >= 0.6 is 11.3 Å². The van der Waals surface area contributed by atoms with Gasteiger partial charge in [-0.2, -0.15) is 4.31 Å². The van der Waals surface area contributed by atoms with E-state index in [-0.39, 0.29) is 29.6 Å². The SMILES string of the molecule is COc1ccc(OC)c(S(=O)(=O)N2CCN(C(=O)c3csc4c3CCCC4)CC2)c1. The zero-order valence-corrected chi connectivity index (χ0v) is 18.9. The smallest absolute Gasteiger partial charge is 0.255 e. The van der Waals surface area contributed by atoms with Gasteiger partial charge in [0.25, 0.3) is 5.91 Å². The second kappa shape index (κ2) is 8.56. The van der Waals surface area contributed by atoms with Crippen LogP contribution in [0.15, 0.2) is 28.5 Å². The fraction of sp³-hybridized carbons (Fsp3) is 0.476. The maximum absolute atomic E-state index is 13.2. The molecule has 0 saturated carbocycles. The van der Waals surface area contributed by atoms with Crippen LogP contribution in [0.3, 0.4) is 0 Å². The van der Waals surface area contributed by atoms with Crippen molar-refractivity contribution in [2.24, 2.45) is 0 Å². The summed E-state index contributed by atoms with van der Waals surface area (Å²) in [6, 6.07) is 4.73. The van der Waals surface area contributed by atoms with Gasteiger partial charge in [0, 0.05) is 42.5 Å². The van der Waals surface area contributed by atoms with Crippen LogP contribution in [-0.2, 0) is 22.9 Å². The Balaban J connectivity index is 1.49. The summed E-state index contributed by atoms with van der Waals surface area (Å²) in [5.74, 6) is 0.745. The van der Waals surface area contributed by atoms with E-state index >= 15 is 0 Å². The van der Waals surface area contributed by atoms with E-state index in [0.29, 0.717) is 18.8 Å². The Hall–Kier alpha value is -2.10. The lowest BCUT2D eigenvalue weighted by atomic mass is 9.95. The highest BCUT2D eigenvalue weighted by Gasteiger charge is 2.33. The number of fused-ring (bicyclic) bond motifs is 1. The van der Waals surface area contributed by atoms with Gasteiger partial charge in [-0.15, -0.1) is 11.3 Å². The summed E-state index contributed by atoms with van der Waals surface area (Å²) in [6.07, 6.45) is 4.33. The van der Waals surface area contributed by atoms with Gasteiger partial charge in [-0.1, -0.05) is 0 Å². The van der Waals surface area contributed by atoms with Gasteiger partial charge in [0.2, 0.25) is 10.0 Å². The third kappa shape index (κ3) is 3.81. The molecule has 7 nitrogen and oxygen atoms in total. The van der Waals surface area contributed by atoms with Crippen molar-refractivity contribution in [1.82, 2.24) is 9.21 Å². The summed E-state index contributed by atoms with van der Waals surface area (Å²) in [4.78, 5) is 16.3. The van der Waals surface area contributed by atoms with Crippen LogP contribution in [-0.4, -0.2) is 63.9 Å². The van der Waals surface area contributed by atoms with Crippen molar-refractivity contribution >= 4 is 27.3 Å². The highest BCUT2D eigenvalue weighted by molar-refractivity contribution is 7.89. The number of rotatable bonds is 5. The van der Waals surface area contributed by atoms with Crippen LogP contribution in [0, 0.1) is 0 Å². The monoisotopic (exact) mass is 450 g/mol. The molecule has 0 radical (unpaired) electrons. The topological polar surface area (TPSA) is 76.2 Å². The largest absolute Gasteiger partial charge is 0.497 e. The van der Waals surface area contributed by atoms with Crippen LogP contribution in [0.5, 0.6) is 11.5 Å². The fourth-order valence-corrected chi connectivity index (χ4v) is 6.81. The summed E-state index contributed by atoms with van der Waals surface area (Å²) in [5.41, 5.74) is 2.01. The van der Waals surface area contributed by atoms with Crippen molar-refractivity contribution in [2.75, 3.05) is 40.4 Å². The van der Waals surface area contributed by atoms with E-state index in [1.165, 1.54) is 41.5 Å². The zero-order valence-electron chi connectivity index (χ0n) is 17.2. The second-order valence-electron chi connectivity index (χ2n) is 7.47. The van der Waals surface area contributed by atoms with Crippen LogP contribution in [0.1, 0.15) is 33.6 Å². The molecule has 1 aliphatic heterocycles. The molecule has 0 N–H and O–H groups in total. The Bertz CT molecular complexity index is 1040. The van der Waals surface area contributed by atoms with Crippen molar-refractivity contribution in [2.45, 2.75) is 30.6 Å². The van der Waals surface area contributed by atoms with Crippen LogP contribution in [0.25, 0.3) is 0 Å². The summed E-state index contributed by atoms with van der Waals surface area (Å²) >= 11 is 1.67. The lowest BCUT2D eigenvalue weighted by Gasteiger charge is -2.34. The van der Waals surface area contributed by atoms with Crippen molar-refractivity contribution in [3.05, 3.63) is 39.6 Å². The second-order valence-corrected chi connectivity index (χ2v) is 10.3. The molecule has 0 spiro atoms. The molecule has 2 heterocycles. The first kappa shape index (κ1) is 21.1. The highest BCUT2D eigenvalue weighted by Crippen LogP contribution is 2.33. The molecule has 1 aromatic carbocycles. The van der Waals surface area contributed by atoms with E-state index < -0.39 is 10.0 Å². The summed E-state index contributed by atoms with van der Waals surface area (Å²) in [6.45, 7) is 1.24. The number of benzene rings is 1. The minimum atomic E-state index is -3.76. The molecule has 0 bridgehead atoms. The van der Waals surface area contributed by atoms with Crippen LogP contribution < -0.4 is 9.47 Å². The lowest BCUT2D eigenvalue weighted by Crippen LogP contribution is -2.50. The van der Waals surface area contributed by atoms with Gasteiger partial charge in [0.1, 0.15) is 16.4 Å². The summed E-state index contributed by atoms with van der Waals surface area (Å²) in [7, 11) is -0.827. The predicted octanol–water partition coefficient (Wildman–Crippen LogP) is 2.79. The van der Waals surface area contributed by atoms with Gasteiger partial charge in [0.05, 0.1) is 19.8 Å². The molecule has 1 fully saturated rings. The number of amides is 1. The first-order chi connectivity index (χ1) is 14.5. The third-order valence-electron chi connectivity index (χ3n) is 5.81. The number of piperazine rings is 1. The third-order valence-corrected chi connectivity index (χ3v) is 8.81. The number of carbonyl (C=O) groups is 1. The Morgan fingerprint density at radius 3 is 2.47 bits per heavy atom. The Morgan fingerprint density at radius 1 is 1.03 bits per heavy atom. The lowest BCUT2D eigenvalue weighted by molar-refractivity contribution is 0.0697. The normalized spacial score (nSPS) is 17.5. The first-order valence-corrected chi connectivity index (χ1v) is 12.4. The number of methoxy groups -OCH3 is 2. The average Bonchev–Trinajstić information content (AvgIpc) is 3.22. The average molecular weight is 451 g/mol. The molecule has 0 unspecified atom stereocenters. The number of nitrogens with zero attached hydrogens (tertiary/aromatic N) is 2. The van der Waals surface area contributed by atoms with Crippen LogP contribution in [0.4, 0.5) is 0 Å². The van der Waals surface area contributed by atoms with E-state index in [1.54, 1.807) is 28.4 Å². The maximum atomic E-state index is 13.2. The van der Waals surface area contributed by atoms with E-state index in [4.69, 9.17) is 9.47 Å². The fourth-order valence-electron chi connectivity index (χ4n) is 4.10. The van der Waals surface area contributed by atoms with Crippen molar-refractivity contribution in [3.63, 3.8) is 0 Å². The predicted molar refractivity (Wildman–Crippen MR) is 115 cm³/mol. The molecule has 30 heavy (non-hydrogen) atoms. The summed E-state index contributed by atoms with van der Waals surface area (Å²) in [5, 5.41) is 1.97. The number of aryl methyl sites for hydroxylation is 1. The minimum Gasteiger partial charge on any atom is -0.497 e. The van der Waals surface area contributed by atoms with Gasteiger partial charge in [-0.3, -0.25) is 4.79 Å². The standard InChI is InChI=1S/C21H26N2O5S2/c1-27-15-7-8-18(28-2)20(13-15)30(25,26)23-11-9-22(10-12-23)21(24)17-14-29-19-6-4-3-5-16(17)19/h7-8,13-14H,3-6,9-12H2,1-2H3. The molecule has 1 amide bonds. The number of carbonyl (C=O) groups excluding carboxylic acids is 1. The van der Waals surface area contributed by atoms with E-state index in [0.717, 1.165) is 24.8 Å². The quantitative estimate of drug-likeness (QED) is 0.700. The molecule has 162 valence electrons. The number of thiophene rings is 1. The van der Waals surface area contributed by atoms with Crippen LogP contribution in [0.2, 0.25) is 0 Å². The van der Waals surface area contributed by atoms with Crippen molar-refractivity contribution in [3.8, 4) is 11.5 Å². The number of hydrogen-bond donors (Lipinski definition) is 0. The maximum Gasteiger partial charge on any atom is 0.255 e. The molecule has 9 heteroatoms. The number of ether oxygens (including phenoxy) is 2. The Morgan fingerprint density at radius 2 is 1.77 bits per heavy atom. The van der Waals surface area contributed by atoms with Gasteiger partial charge >= 0.3 is 0 Å². The minimum absolute atomic E-state index is 0.0189. The van der Waals surface area contributed by atoms with Gasteiger partial charge in [-0.25, -0.2) is 8.42 Å². The summed E-state index contributed by atoms with van der Waals surface area (Å²) < 4.78 is 38.3. The molecule has 0 atom stereocenters. The van der Waals surface area contributed by atoms with Crippen molar-refractivity contribution in [1.29, 1.82) is 0 Å². The molecule has 1 aromatic heterocycles. The molecule has 2 aliphatic rings. The van der Waals surface area contributed by atoms with Crippen molar-refractivity contribution < 1.29 is 22.7 Å². The van der Waals surface area contributed by atoms with Gasteiger partial charge < -0.3 is 14.4 Å². The van der Waals surface area contributed by atoms with E-state index in [2.05, 4.69) is 0 Å². The zero-order chi connectivity index (χ0) is 21.3. The molecular weight excluding hydrogens is 424 g/mol. The Kier molecular flexibility index (Phi) is 6.04. The van der Waals surface area contributed by atoms with Gasteiger partial charge in [-0.05, 0) is 43.4 Å². The Labute approximate surface area is 181 Å². The molecule has 4 rings (SSSR count). The molecular formula is C21H26N2O5S2. The molecule has 2 aromatic rings. The highest BCUT2D eigenvalue weighted by atomic mass is 32.2. The first-order valence-electron chi connectivity index (χ1n) is 10.1. The molecule has 1 aliphatic carbocycles.